The Kier molecular flexibility index (Phi) is 5.51. The Morgan fingerprint density at radius 2 is 1.82 bits per heavy atom. The third-order valence-corrected chi connectivity index (χ3v) is 6.23. The number of fused-ring (bicyclic) bond motifs is 3. The summed E-state index contributed by atoms with van der Waals surface area (Å²) in [6, 6.07) is 17.0. The monoisotopic (exact) mass is 478 g/mol. The van der Waals surface area contributed by atoms with Crippen LogP contribution in [0.15, 0.2) is 59.8 Å². The Bertz CT molecular complexity index is 1360. The number of aromatic nitrogens is 5. The Hall–Kier alpha value is -3.43. The number of amides is 1. The minimum Gasteiger partial charge on any atom is -0.447 e. The van der Waals surface area contributed by atoms with Crippen LogP contribution in [0.3, 0.4) is 0 Å². The summed E-state index contributed by atoms with van der Waals surface area (Å²) in [4.78, 5) is 19.1. The van der Waals surface area contributed by atoms with Crippen LogP contribution in [-0.4, -0.2) is 37.1 Å². The number of nitrogens with zero attached hydrogens (tertiary/aromatic N) is 6. The number of para-hydroxylation sites is 2. The van der Waals surface area contributed by atoms with E-state index in [1.54, 1.807) is 9.58 Å². The molecule has 0 aliphatic carbocycles. The lowest BCUT2D eigenvalue weighted by molar-refractivity contribution is -0.118. The standard InChI is InChI=1S/C23H19ClN6O2S/c1-13-18(20(24)30(28-13)15-9-5-4-6-10-15)22-29(14(2)31)17-12-8-7-11-16(17)19-21(32-22)25-23(33-3)27-26-19/h4-12,22H,1-3H3/t22-/m0/s1. The molecule has 1 atom stereocenters. The molecular weight excluding hydrogens is 460 g/mol. The van der Waals surface area contributed by atoms with Crippen LogP contribution >= 0.6 is 23.4 Å². The number of hydrogen-bond donors (Lipinski definition) is 0. The van der Waals surface area contributed by atoms with Gasteiger partial charge in [0.15, 0.2) is 5.69 Å². The minimum atomic E-state index is -0.902. The summed E-state index contributed by atoms with van der Waals surface area (Å²) in [5.74, 6) is 0.0553. The molecule has 33 heavy (non-hydrogen) atoms. The van der Waals surface area contributed by atoms with Crippen molar-refractivity contribution < 1.29 is 9.53 Å². The van der Waals surface area contributed by atoms with Crippen molar-refractivity contribution in [2.75, 3.05) is 11.2 Å². The van der Waals surface area contributed by atoms with Gasteiger partial charge in [0.05, 0.1) is 22.6 Å². The normalized spacial score (nSPS) is 14.8. The van der Waals surface area contributed by atoms with Crippen LogP contribution in [-0.2, 0) is 4.79 Å². The lowest BCUT2D eigenvalue weighted by Crippen LogP contribution is -2.36. The highest BCUT2D eigenvalue weighted by molar-refractivity contribution is 7.98. The van der Waals surface area contributed by atoms with Gasteiger partial charge in [-0.25, -0.2) is 4.68 Å². The van der Waals surface area contributed by atoms with Gasteiger partial charge >= 0.3 is 0 Å². The van der Waals surface area contributed by atoms with Gasteiger partial charge in [-0.1, -0.05) is 59.8 Å². The number of thioether (sulfide) groups is 1. The van der Waals surface area contributed by atoms with Crippen molar-refractivity contribution in [3.05, 3.63) is 71.0 Å². The van der Waals surface area contributed by atoms with Crippen LogP contribution in [0.1, 0.15) is 24.4 Å². The molecule has 0 saturated heterocycles. The molecule has 0 unspecified atom stereocenters. The SMILES string of the molecule is CSc1nnc2c(n1)O[C@@H](c1c(C)nn(-c3ccccc3)c1Cl)N(C(C)=O)c1ccccc1-2. The third kappa shape index (κ3) is 3.63. The van der Waals surface area contributed by atoms with Gasteiger partial charge < -0.3 is 4.74 Å². The van der Waals surface area contributed by atoms with Crippen molar-refractivity contribution in [2.45, 2.75) is 25.2 Å². The van der Waals surface area contributed by atoms with Crippen molar-refractivity contribution >= 4 is 35.0 Å². The molecule has 0 radical (unpaired) electrons. The van der Waals surface area contributed by atoms with E-state index >= 15 is 0 Å². The van der Waals surface area contributed by atoms with E-state index in [1.807, 2.05) is 67.8 Å². The van der Waals surface area contributed by atoms with Gasteiger partial charge in [0, 0.05) is 12.5 Å². The lowest BCUT2D eigenvalue weighted by Gasteiger charge is -2.29. The highest BCUT2D eigenvalue weighted by Gasteiger charge is 2.38. The zero-order valence-corrected chi connectivity index (χ0v) is 19.6. The van der Waals surface area contributed by atoms with Gasteiger partial charge in [0.2, 0.25) is 23.2 Å². The fraction of sp³-hybridized carbons (Fsp3) is 0.174. The van der Waals surface area contributed by atoms with Crippen LogP contribution in [0.2, 0.25) is 5.15 Å². The number of rotatable bonds is 3. The number of ether oxygens (including phenoxy) is 1. The fourth-order valence-corrected chi connectivity index (χ4v) is 4.52. The highest BCUT2D eigenvalue weighted by Crippen LogP contribution is 2.45. The summed E-state index contributed by atoms with van der Waals surface area (Å²) in [5.41, 5.74) is 3.79. The number of halogens is 1. The number of carbonyl (C=O) groups excluding carboxylic acids is 1. The number of carbonyl (C=O) groups is 1. The second-order valence-electron chi connectivity index (χ2n) is 7.37. The smallest absolute Gasteiger partial charge is 0.247 e. The van der Waals surface area contributed by atoms with Crippen molar-refractivity contribution in [2.24, 2.45) is 0 Å². The molecule has 4 aromatic rings. The van der Waals surface area contributed by atoms with Gasteiger partial charge in [-0.2, -0.15) is 10.1 Å². The molecule has 0 N–H and O–H groups in total. The maximum atomic E-state index is 13.0. The summed E-state index contributed by atoms with van der Waals surface area (Å²) in [6.07, 6.45) is 0.958. The molecule has 0 saturated carbocycles. The first-order chi connectivity index (χ1) is 16.0. The van der Waals surface area contributed by atoms with Gasteiger partial charge in [-0.15, -0.1) is 10.2 Å². The average Bonchev–Trinajstić information content (AvgIpc) is 3.04. The summed E-state index contributed by atoms with van der Waals surface area (Å²) >= 11 is 8.22. The molecule has 8 nitrogen and oxygen atoms in total. The summed E-state index contributed by atoms with van der Waals surface area (Å²) in [7, 11) is 0. The molecule has 0 fully saturated rings. The van der Waals surface area contributed by atoms with Gasteiger partial charge in [0.25, 0.3) is 0 Å². The van der Waals surface area contributed by atoms with Crippen molar-refractivity contribution in [3.8, 4) is 22.8 Å². The number of benzene rings is 2. The molecule has 1 aliphatic rings. The molecule has 3 heterocycles. The maximum absolute atomic E-state index is 13.0. The Labute approximate surface area is 199 Å². The molecule has 5 rings (SSSR count). The molecule has 0 spiro atoms. The average molecular weight is 479 g/mol. The molecule has 0 bridgehead atoms. The van der Waals surface area contributed by atoms with Crippen LogP contribution in [0.25, 0.3) is 16.9 Å². The summed E-state index contributed by atoms with van der Waals surface area (Å²) in [6.45, 7) is 3.33. The van der Waals surface area contributed by atoms with E-state index in [2.05, 4.69) is 20.3 Å². The van der Waals surface area contributed by atoms with Crippen LogP contribution in [0.4, 0.5) is 5.69 Å². The van der Waals surface area contributed by atoms with Crippen LogP contribution in [0, 0.1) is 6.92 Å². The second-order valence-corrected chi connectivity index (χ2v) is 8.50. The van der Waals surface area contributed by atoms with Crippen LogP contribution in [0.5, 0.6) is 5.88 Å². The molecule has 1 aliphatic heterocycles. The first-order valence-electron chi connectivity index (χ1n) is 10.1. The molecule has 2 aromatic carbocycles. The Morgan fingerprint density at radius 3 is 2.55 bits per heavy atom. The predicted octanol–water partition coefficient (Wildman–Crippen LogP) is 4.85. The third-order valence-electron chi connectivity index (χ3n) is 5.33. The van der Waals surface area contributed by atoms with Gasteiger partial charge in [-0.05, 0) is 31.4 Å². The topological polar surface area (TPSA) is 86.0 Å². The van der Waals surface area contributed by atoms with E-state index in [-0.39, 0.29) is 11.8 Å². The fourth-order valence-electron chi connectivity index (χ4n) is 3.86. The number of anilines is 1. The molecule has 1 amide bonds. The number of hydrogen-bond acceptors (Lipinski definition) is 7. The molecular formula is C23H19ClN6O2S. The highest BCUT2D eigenvalue weighted by atomic mass is 35.5. The first kappa shape index (κ1) is 21.4. The lowest BCUT2D eigenvalue weighted by atomic mass is 10.1. The van der Waals surface area contributed by atoms with E-state index in [1.165, 1.54) is 18.7 Å². The zero-order valence-electron chi connectivity index (χ0n) is 18.1. The Morgan fingerprint density at radius 1 is 1.09 bits per heavy atom. The number of aryl methyl sites for hydroxylation is 1. The second kappa shape index (κ2) is 8.49. The zero-order chi connectivity index (χ0) is 23.1. The van der Waals surface area contributed by atoms with E-state index in [0.717, 1.165) is 5.69 Å². The van der Waals surface area contributed by atoms with Gasteiger partial charge in [-0.3, -0.25) is 9.69 Å². The van der Waals surface area contributed by atoms with Crippen molar-refractivity contribution in [3.63, 3.8) is 0 Å². The summed E-state index contributed by atoms with van der Waals surface area (Å²) in [5, 5.41) is 14.0. The first-order valence-corrected chi connectivity index (χ1v) is 11.7. The molecule has 2 aromatic heterocycles. The van der Waals surface area contributed by atoms with Crippen molar-refractivity contribution in [1.82, 2.24) is 25.0 Å². The quantitative estimate of drug-likeness (QED) is 0.389. The van der Waals surface area contributed by atoms with E-state index < -0.39 is 6.23 Å². The Balaban J connectivity index is 1.75. The van der Waals surface area contributed by atoms with Crippen molar-refractivity contribution in [1.29, 1.82) is 0 Å². The molecule has 166 valence electrons. The minimum absolute atomic E-state index is 0.221. The van der Waals surface area contributed by atoms with E-state index in [0.29, 0.717) is 38.5 Å². The molecule has 10 heteroatoms. The van der Waals surface area contributed by atoms with Crippen LogP contribution < -0.4 is 9.64 Å². The van der Waals surface area contributed by atoms with E-state index in [9.17, 15) is 4.79 Å². The maximum Gasteiger partial charge on any atom is 0.247 e. The predicted molar refractivity (Wildman–Crippen MR) is 127 cm³/mol. The van der Waals surface area contributed by atoms with E-state index in [4.69, 9.17) is 16.3 Å². The van der Waals surface area contributed by atoms with Gasteiger partial charge in [0.1, 0.15) is 5.15 Å². The summed E-state index contributed by atoms with van der Waals surface area (Å²) < 4.78 is 8.03. The largest absolute Gasteiger partial charge is 0.447 e.